The van der Waals surface area contributed by atoms with Crippen molar-refractivity contribution in [2.24, 2.45) is 0 Å². The van der Waals surface area contributed by atoms with Gasteiger partial charge in [-0.2, -0.15) is 0 Å². The monoisotopic (exact) mass is 509 g/mol. The number of carbonyl (C=O) groups is 2. The van der Waals surface area contributed by atoms with Crippen LogP contribution < -0.4 is 15.4 Å². The summed E-state index contributed by atoms with van der Waals surface area (Å²) in [5.74, 6) is -1.62. The SMILES string of the molecule is CC(C)(C)NS(=O)(=O)c1ccc(NC(=O)C2(NC(=O)c3ccc(F)cc3)CC2c2ccccc2)cc1. The first-order chi connectivity index (χ1) is 16.9. The Labute approximate surface area is 210 Å². The predicted octanol–water partition coefficient (Wildman–Crippen LogP) is 4.20. The molecule has 0 bridgehead atoms. The Morgan fingerprint density at radius 1 is 0.917 bits per heavy atom. The molecule has 2 atom stereocenters. The number of sulfonamides is 1. The Hall–Kier alpha value is -3.56. The minimum atomic E-state index is -3.72. The highest BCUT2D eigenvalue weighted by Crippen LogP contribution is 2.52. The van der Waals surface area contributed by atoms with Gasteiger partial charge in [-0.15, -0.1) is 0 Å². The van der Waals surface area contributed by atoms with Crippen LogP contribution in [0.3, 0.4) is 0 Å². The number of nitrogens with one attached hydrogen (secondary N) is 3. The van der Waals surface area contributed by atoms with Crippen molar-refractivity contribution < 1.29 is 22.4 Å². The van der Waals surface area contributed by atoms with Crippen molar-refractivity contribution in [3.8, 4) is 0 Å². The van der Waals surface area contributed by atoms with Gasteiger partial charge in [0.15, 0.2) is 0 Å². The molecule has 0 radical (unpaired) electrons. The van der Waals surface area contributed by atoms with Crippen molar-refractivity contribution in [3.63, 3.8) is 0 Å². The van der Waals surface area contributed by atoms with E-state index in [0.29, 0.717) is 12.1 Å². The lowest BCUT2D eigenvalue weighted by molar-refractivity contribution is -0.119. The van der Waals surface area contributed by atoms with E-state index in [1.54, 1.807) is 20.8 Å². The van der Waals surface area contributed by atoms with Crippen molar-refractivity contribution in [2.75, 3.05) is 5.32 Å². The summed E-state index contributed by atoms with van der Waals surface area (Å²) in [6.07, 6.45) is 0.387. The van der Waals surface area contributed by atoms with Gasteiger partial charge in [0, 0.05) is 22.7 Å². The Kier molecular flexibility index (Phi) is 6.72. The van der Waals surface area contributed by atoms with Crippen LogP contribution in [0.15, 0.2) is 83.8 Å². The number of amides is 2. The summed E-state index contributed by atoms with van der Waals surface area (Å²) < 4.78 is 41.0. The van der Waals surface area contributed by atoms with Crippen LogP contribution in [0.2, 0.25) is 0 Å². The zero-order valence-electron chi connectivity index (χ0n) is 20.2. The van der Waals surface area contributed by atoms with Crippen LogP contribution in [0.1, 0.15) is 49.0 Å². The second-order valence-corrected chi connectivity index (χ2v) is 11.6. The smallest absolute Gasteiger partial charge is 0.252 e. The molecule has 0 aromatic heterocycles. The first-order valence-corrected chi connectivity index (χ1v) is 13.0. The molecule has 1 aliphatic carbocycles. The molecular formula is C27H28FN3O4S. The van der Waals surface area contributed by atoms with Gasteiger partial charge in [0.05, 0.1) is 4.90 Å². The maximum Gasteiger partial charge on any atom is 0.252 e. The molecule has 36 heavy (non-hydrogen) atoms. The van der Waals surface area contributed by atoms with Gasteiger partial charge in [0.25, 0.3) is 11.8 Å². The number of hydrogen-bond acceptors (Lipinski definition) is 4. The van der Waals surface area contributed by atoms with E-state index in [2.05, 4.69) is 15.4 Å². The molecule has 3 N–H and O–H groups in total. The summed E-state index contributed by atoms with van der Waals surface area (Å²) in [7, 11) is -3.72. The lowest BCUT2D eigenvalue weighted by atomic mass is 10.0. The molecule has 2 unspecified atom stereocenters. The number of carbonyl (C=O) groups excluding carboxylic acids is 2. The zero-order valence-corrected chi connectivity index (χ0v) is 21.0. The number of rotatable bonds is 7. The van der Waals surface area contributed by atoms with Crippen LogP contribution in [0.4, 0.5) is 10.1 Å². The highest BCUT2D eigenvalue weighted by molar-refractivity contribution is 7.89. The molecule has 1 saturated carbocycles. The van der Waals surface area contributed by atoms with Crippen LogP contribution in [0.25, 0.3) is 0 Å². The second-order valence-electron chi connectivity index (χ2n) is 9.93. The fraction of sp³-hybridized carbons (Fsp3) is 0.259. The molecular weight excluding hydrogens is 481 g/mol. The van der Waals surface area contributed by atoms with Crippen molar-refractivity contribution in [2.45, 2.75) is 49.1 Å². The summed E-state index contributed by atoms with van der Waals surface area (Å²) in [5, 5.41) is 5.66. The summed E-state index contributed by atoms with van der Waals surface area (Å²) in [4.78, 5) is 26.5. The lowest BCUT2D eigenvalue weighted by Crippen LogP contribution is -2.47. The minimum absolute atomic E-state index is 0.0725. The van der Waals surface area contributed by atoms with Gasteiger partial charge in [-0.25, -0.2) is 17.5 Å². The standard InChI is InChI=1S/C27H28FN3O4S/c1-26(2,3)31-36(34,35)22-15-13-21(14-16-22)29-25(33)27(17-23(27)18-7-5-4-6-8-18)30-24(32)19-9-11-20(28)12-10-19/h4-16,23,31H,17H2,1-3H3,(H,29,33)(H,30,32). The maximum atomic E-state index is 13.5. The molecule has 4 rings (SSSR count). The highest BCUT2D eigenvalue weighted by atomic mass is 32.2. The summed E-state index contributed by atoms with van der Waals surface area (Å²) in [6, 6.07) is 20.3. The molecule has 3 aromatic carbocycles. The Bertz CT molecular complexity index is 1370. The van der Waals surface area contributed by atoms with E-state index in [1.807, 2.05) is 30.3 Å². The van der Waals surface area contributed by atoms with E-state index in [4.69, 9.17) is 0 Å². The van der Waals surface area contributed by atoms with Gasteiger partial charge in [-0.05, 0) is 81.3 Å². The van der Waals surface area contributed by atoms with Crippen molar-refractivity contribution >= 4 is 27.5 Å². The molecule has 188 valence electrons. The second kappa shape index (κ2) is 9.48. The third kappa shape index (κ3) is 5.63. The molecule has 0 aliphatic heterocycles. The molecule has 9 heteroatoms. The van der Waals surface area contributed by atoms with E-state index >= 15 is 0 Å². The van der Waals surface area contributed by atoms with Gasteiger partial charge in [-0.1, -0.05) is 30.3 Å². The van der Waals surface area contributed by atoms with Gasteiger partial charge < -0.3 is 10.6 Å². The quantitative estimate of drug-likeness (QED) is 0.444. The lowest BCUT2D eigenvalue weighted by Gasteiger charge is -2.21. The van der Waals surface area contributed by atoms with Crippen LogP contribution in [0, 0.1) is 5.82 Å². The van der Waals surface area contributed by atoms with Crippen LogP contribution >= 0.6 is 0 Å². The van der Waals surface area contributed by atoms with E-state index < -0.39 is 38.7 Å². The first kappa shape index (κ1) is 25.5. The average Bonchev–Trinajstić information content (AvgIpc) is 3.54. The third-order valence-electron chi connectivity index (χ3n) is 5.87. The van der Waals surface area contributed by atoms with E-state index in [0.717, 1.165) is 5.56 Å². The average molecular weight is 510 g/mol. The molecule has 7 nitrogen and oxygen atoms in total. The van der Waals surface area contributed by atoms with Crippen molar-refractivity contribution in [1.29, 1.82) is 0 Å². The Morgan fingerprint density at radius 2 is 1.53 bits per heavy atom. The minimum Gasteiger partial charge on any atom is -0.337 e. The van der Waals surface area contributed by atoms with E-state index in [1.165, 1.54) is 48.5 Å². The normalized spacial score (nSPS) is 19.4. The van der Waals surface area contributed by atoms with E-state index in [-0.39, 0.29) is 16.4 Å². The molecule has 0 heterocycles. The molecule has 3 aromatic rings. The fourth-order valence-electron chi connectivity index (χ4n) is 4.09. The van der Waals surface area contributed by atoms with Gasteiger partial charge in [-0.3, -0.25) is 9.59 Å². The van der Waals surface area contributed by atoms with Crippen molar-refractivity contribution in [1.82, 2.24) is 10.0 Å². The van der Waals surface area contributed by atoms with Crippen LogP contribution in [-0.2, 0) is 14.8 Å². The molecule has 1 aliphatic rings. The molecule has 2 amide bonds. The van der Waals surface area contributed by atoms with Gasteiger partial charge in [0.1, 0.15) is 11.4 Å². The van der Waals surface area contributed by atoms with Gasteiger partial charge >= 0.3 is 0 Å². The van der Waals surface area contributed by atoms with E-state index in [9.17, 15) is 22.4 Å². The number of anilines is 1. The van der Waals surface area contributed by atoms with Crippen LogP contribution in [-0.4, -0.2) is 31.3 Å². The summed E-state index contributed by atoms with van der Waals surface area (Å²) in [6.45, 7) is 5.24. The zero-order chi connectivity index (χ0) is 26.1. The third-order valence-corrected chi connectivity index (χ3v) is 7.65. The Balaban J connectivity index is 1.55. The Morgan fingerprint density at radius 3 is 2.11 bits per heavy atom. The topological polar surface area (TPSA) is 104 Å². The highest BCUT2D eigenvalue weighted by Gasteiger charge is 2.61. The summed E-state index contributed by atoms with van der Waals surface area (Å²) >= 11 is 0. The summed E-state index contributed by atoms with van der Waals surface area (Å²) in [5.41, 5.74) is -0.307. The fourth-order valence-corrected chi connectivity index (χ4v) is 5.51. The molecule has 0 saturated heterocycles. The van der Waals surface area contributed by atoms with Gasteiger partial charge in [0.2, 0.25) is 10.0 Å². The number of halogens is 1. The number of hydrogen-bond donors (Lipinski definition) is 3. The number of benzene rings is 3. The molecule has 0 spiro atoms. The maximum absolute atomic E-state index is 13.5. The van der Waals surface area contributed by atoms with Crippen molar-refractivity contribution in [3.05, 3.63) is 95.8 Å². The first-order valence-electron chi connectivity index (χ1n) is 11.5. The largest absolute Gasteiger partial charge is 0.337 e. The predicted molar refractivity (Wildman–Crippen MR) is 136 cm³/mol. The molecule has 1 fully saturated rings. The van der Waals surface area contributed by atoms with Crippen LogP contribution in [0.5, 0.6) is 0 Å².